The summed E-state index contributed by atoms with van der Waals surface area (Å²) in [5.41, 5.74) is 5.03. The van der Waals surface area contributed by atoms with Crippen molar-refractivity contribution in [1.29, 1.82) is 0 Å². The number of hydrogen-bond donors (Lipinski definition) is 1. The van der Waals surface area contributed by atoms with Gasteiger partial charge in [0, 0.05) is 6.42 Å². The fourth-order valence-electron chi connectivity index (χ4n) is 3.41. The molecule has 0 aliphatic carbocycles. The van der Waals surface area contributed by atoms with Gasteiger partial charge < -0.3 is 28.9 Å². The first-order valence-corrected chi connectivity index (χ1v) is 10.1. The van der Waals surface area contributed by atoms with Gasteiger partial charge in [-0.2, -0.15) is 0 Å². The number of para-hydroxylation sites is 1. The summed E-state index contributed by atoms with van der Waals surface area (Å²) in [6, 6.07) is 15.5. The maximum Gasteiger partial charge on any atom is 0.306 e. The fourth-order valence-corrected chi connectivity index (χ4v) is 3.41. The number of carbonyl (C=O) groups is 3. The van der Waals surface area contributed by atoms with Gasteiger partial charge in [-0.1, -0.05) is 18.2 Å². The van der Waals surface area contributed by atoms with Crippen molar-refractivity contribution < 1.29 is 32.7 Å². The van der Waals surface area contributed by atoms with Crippen LogP contribution in [0.4, 0.5) is 0 Å². The van der Waals surface area contributed by atoms with E-state index in [-0.39, 0.29) is 31.9 Å². The van der Waals surface area contributed by atoms with Gasteiger partial charge in [-0.25, -0.2) is 0 Å². The number of furan rings is 2. The van der Waals surface area contributed by atoms with Crippen molar-refractivity contribution in [3.05, 3.63) is 78.1 Å². The molecule has 2 amide bonds. The summed E-state index contributed by atoms with van der Waals surface area (Å²) >= 11 is 0. The largest absolute Gasteiger partial charge is 0.478 e. The number of nitrogens with two attached hydrogens (primary N) is 1. The molecule has 2 atom stereocenters. The van der Waals surface area contributed by atoms with E-state index in [1.54, 1.807) is 47.6 Å². The zero-order valence-electron chi connectivity index (χ0n) is 17.1. The number of likely N-dealkylation sites (tertiary alicyclic amines) is 1. The Morgan fingerprint density at radius 1 is 1.00 bits per heavy atom. The molecule has 0 bridgehead atoms. The third-order valence-electron chi connectivity index (χ3n) is 4.99. The zero-order chi connectivity index (χ0) is 22.5. The second kappa shape index (κ2) is 9.42. The van der Waals surface area contributed by atoms with Crippen LogP contribution in [0.3, 0.4) is 0 Å². The van der Waals surface area contributed by atoms with Crippen molar-refractivity contribution >= 4 is 17.8 Å². The molecule has 32 heavy (non-hydrogen) atoms. The van der Waals surface area contributed by atoms with Crippen molar-refractivity contribution in [3.8, 4) is 5.75 Å². The molecule has 3 aromatic rings. The first-order valence-electron chi connectivity index (χ1n) is 10.1. The number of rotatable bonds is 10. The van der Waals surface area contributed by atoms with E-state index in [0.29, 0.717) is 23.0 Å². The Hall–Kier alpha value is -4.01. The number of primary amides is 1. The number of ether oxygens (including phenoxy) is 2. The molecule has 3 heterocycles. The summed E-state index contributed by atoms with van der Waals surface area (Å²) in [6.45, 7) is 0.171. The molecule has 2 N–H and O–H groups in total. The average molecular weight is 438 g/mol. The smallest absolute Gasteiger partial charge is 0.306 e. The van der Waals surface area contributed by atoms with Crippen molar-refractivity contribution in [2.75, 3.05) is 0 Å². The summed E-state index contributed by atoms with van der Waals surface area (Å²) in [5, 5.41) is 0. The van der Waals surface area contributed by atoms with Crippen LogP contribution in [-0.4, -0.2) is 28.8 Å². The summed E-state index contributed by atoms with van der Waals surface area (Å²) in [5.74, 6) is 0.804. The summed E-state index contributed by atoms with van der Waals surface area (Å²) in [7, 11) is 0. The topological polar surface area (TPSA) is 125 Å². The molecule has 0 radical (unpaired) electrons. The Kier molecular flexibility index (Phi) is 6.25. The second-order valence-corrected chi connectivity index (χ2v) is 7.27. The highest BCUT2D eigenvalue weighted by Gasteiger charge is 2.52. The molecular weight excluding hydrogens is 416 g/mol. The molecule has 1 saturated heterocycles. The van der Waals surface area contributed by atoms with E-state index in [1.165, 1.54) is 0 Å². The van der Waals surface area contributed by atoms with Crippen molar-refractivity contribution in [1.82, 2.24) is 4.90 Å². The number of amides is 2. The van der Waals surface area contributed by atoms with E-state index in [2.05, 4.69) is 0 Å². The number of hydrogen-bond acceptors (Lipinski definition) is 7. The third-order valence-corrected chi connectivity index (χ3v) is 4.99. The minimum Gasteiger partial charge on any atom is -0.478 e. The Morgan fingerprint density at radius 2 is 1.81 bits per heavy atom. The molecular formula is C23H22N2O7. The first-order chi connectivity index (χ1) is 15.5. The minimum absolute atomic E-state index is 0.0767. The van der Waals surface area contributed by atoms with Gasteiger partial charge in [0.25, 0.3) is 5.91 Å². The highest BCUT2D eigenvalue weighted by Crippen LogP contribution is 2.39. The summed E-state index contributed by atoms with van der Waals surface area (Å²) in [6.07, 6.45) is 0.616. The van der Waals surface area contributed by atoms with Crippen LogP contribution < -0.4 is 10.5 Å². The van der Waals surface area contributed by atoms with Gasteiger partial charge in [-0.15, -0.1) is 0 Å². The number of carbonyl (C=O) groups excluding carboxylic acids is 3. The van der Waals surface area contributed by atoms with Gasteiger partial charge in [0.1, 0.15) is 35.7 Å². The SMILES string of the molecule is NC(=O)CCC(=O)OCc1ccc(C2C(Oc3ccccc3)C(=O)N2Cc2ccco2)o1. The van der Waals surface area contributed by atoms with Gasteiger partial charge in [0.2, 0.25) is 12.0 Å². The van der Waals surface area contributed by atoms with Crippen LogP contribution in [0, 0.1) is 0 Å². The predicted octanol–water partition coefficient (Wildman–Crippen LogP) is 2.71. The van der Waals surface area contributed by atoms with E-state index in [0.717, 1.165) is 0 Å². The average Bonchev–Trinajstić information content (AvgIpc) is 3.48. The molecule has 2 unspecified atom stereocenters. The monoisotopic (exact) mass is 438 g/mol. The Labute approximate surface area is 183 Å². The van der Waals surface area contributed by atoms with Crippen LogP contribution in [-0.2, 0) is 32.3 Å². The normalized spacial score (nSPS) is 17.6. The third kappa shape index (κ3) is 4.83. The highest BCUT2D eigenvalue weighted by atomic mass is 16.5. The molecule has 0 spiro atoms. The van der Waals surface area contributed by atoms with Gasteiger partial charge in [-0.05, 0) is 36.4 Å². The van der Waals surface area contributed by atoms with Crippen molar-refractivity contribution in [3.63, 3.8) is 0 Å². The van der Waals surface area contributed by atoms with E-state index >= 15 is 0 Å². The van der Waals surface area contributed by atoms with Crippen LogP contribution in [0.15, 0.2) is 69.7 Å². The van der Waals surface area contributed by atoms with Crippen LogP contribution in [0.25, 0.3) is 0 Å². The molecule has 4 rings (SSSR count). The fraction of sp³-hybridized carbons (Fsp3) is 0.261. The lowest BCUT2D eigenvalue weighted by Gasteiger charge is -2.44. The standard InChI is InChI=1S/C23H22N2O7/c24-19(26)10-11-20(27)30-14-17-8-9-18(31-17)21-22(32-15-5-2-1-3-6-15)23(28)25(21)13-16-7-4-12-29-16/h1-9,12,21-22H,10-11,13-14H2,(H2,24,26). The Balaban J connectivity index is 1.46. The Bertz CT molecular complexity index is 1070. The number of β-lactam (4-membered cyclic amide) rings is 1. The Morgan fingerprint density at radius 3 is 2.53 bits per heavy atom. The molecule has 9 heteroatoms. The quantitative estimate of drug-likeness (QED) is 0.381. The predicted molar refractivity (Wildman–Crippen MR) is 110 cm³/mol. The molecule has 1 fully saturated rings. The molecule has 9 nitrogen and oxygen atoms in total. The highest BCUT2D eigenvalue weighted by molar-refractivity contribution is 5.89. The number of nitrogens with zero attached hydrogens (tertiary/aromatic N) is 1. The van der Waals surface area contributed by atoms with E-state index in [1.807, 2.05) is 18.2 Å². The maximum absolute atomic E-state index is 12.8. The molecule has 1 aromatic carbocycles. The lowest BCUT2D eigenvalue weighted by molar-refractivity contribution is -0.167. The number of esters is 1. The van der Waals surface area contributed by atoms with E-state index in [9.17, 15) is 14.4 Å². The van der Waals surface area contributed by atoms with Crippen LogP contribution in [0.1, 0.15) is 36.2 Å². The molecule has 0 saturated carbocycles. The van der Waals surface area contributed by atoms with Crippen LogP contribution in [0.5, 0.6) is 5.75 Å². The van der Waals surface area contributed by atoms with Crippen LogP contribution in [0.2, 0.25) is 0 Å². The van der Waals surface area contributed by atoms with Crippen molar-refractivity contribution in [2.45, 2.75) is 38.1 Å². The number of benzene rings is 1. The summed E-state index contributed by atoms with van der Waals surface area (Å²) < 4.78 is 22.3. The zero-order valence-corrected chi connectivity index (χ0v) is 17.1. The van der Waals surface area contributed by atoms with Gasteiger partial charge in [0.15, 0.2) is 0 Å². The molecule has 1 aliphatic rings. The van der Waals surface area contributed by atoms with Crippen LogP contribution >= 0.6 is 0 Å². The maximum atomic E-state index is 12.8. The lowest BCUT2D eigenvalue weighted by Crippen LogP contribution is -2.60. The molecule has 166 valence electrons. The van der Waals surface area contributed by atoms with Crippen molar-refractivity contribution in [2.24, 2.45) is 5.73 Å². The molecule has 2 aromatic heterocycles. The van der Waals surface area contributed by atoms with Gasteiger partial charge in [0.05, 0.1) is 19.2 Å². The molecule has 1 aliphatic heterocycles. The first kappa shape index (κ1) is 21.2. The lowest BCUT2D eigenvalue weighted by atomic mass is 9.95. The van der Waals surface area contributed by atoms with Gasteiger partial charge in [-0.3, -0.25) is 14.4 Å². The minimum atomic E-state index is -0.760. The van der Waals surface area contributed by atoms with Gasteiger partial charge >= 0.3 is 5.97 Å². The second-order valence-electron chi connectivity index (χ2n) is 7.27. The van der Waals surface area contributed by atoms with E-state index < -0.39 is 24.0 Å². The summed E-state index contributed by atoms with van der Waals surface area (Å²) in [4.78, 5) is 36.9. The van der Waals surface area contributed by atoms with E-state index in [4.69, 9.17) is 24.0 Å².